The molecule has 0 unspecified atom stereocenters. The van der Waals surface area contributed by atoms with E-state index in [2.05, 4.69) is 15.9 Å². The van der Waals surface area contributed by atoms with E-state index >= 15 is 0 Å². The van der Waals surface area contributed by atoms with Crippen molar-refractivity contribution in [2.24, 2.45) is 0 Å². The Bertz CT molecular complexity index is 285. The third-order valence-corrected chi connectivity index (χ3v) is 1.57. The Morgan fingerprint density at radius 3 is 2.08 bits per heavy atom. The molecule has 6 heteroatoms. The average molecular weight is 248 g/mol. The maximum Gasteiger partial charge on any atom is 0.290 e. The topological polar surface area (TPSA) is 80.4 Å². The molecule has 0 amide bonds. The van der Waals surface area contributed by atoms with Gasteiger partial charge < -0.3 is 5.11 Å². The molecule has 0 aliphatic heterocycles. The van der Waals surface area contributed by atoms with Gasteiger partial charge in [0.2, 0.25) is 0 Å². The van der Waals surface area contributed by atoms with Crippen LogP contribution in [0.25, 0.3) is 0 Å². The van der Waals surface area contributed by atoms with E-state index in [1.165, 1.54) is 12.1 Å². The molecule has 0 spiro atoms. The number of nitrogens with zero attached hydrogens (tertiary/aromatic N) is 1. The molecule has 1 N–H and O–H groups in total. The predicted octanol–water partition coefficient (Wildman–Crippen LogP) is 2.06. The summed E-state index contributed by atoms with van der Waals surface area (Å²) in [6, 6.07) is 6.17. The van der Waals surface area contributed by atoms with Crippen LogP contribution in [-0.2, 0) is 4.79 Å². The van der Waals surface area contributed by atoms with Crippen LogP contribution in [0.5, 0.6) is 0 Å². The molecular formula is C7H6BrNO4. The van der Waals surface area contributed by atoms with Crippen LogP contribution in [0.3, 0.4) is 0 Å². The second-order valence-corrected chi connectivity index (χ2v) is 2.75. The lowest BCUT2D eigenvalue weighted by Gasteiger charge is -1.88. The summed E-state index contributed by atoms with van der Waals surface area (Å²) in [5.41, 5.74) is 0.114. The zero-order chi connectivity index (χ0) is 10.3. The Kier molecular flexibility index (Phi) is 5.45. The number of halogens is 1. The van der Waals surface area contributed by atoms with Gasteiger partial charge in [0.05, 0.1) is 4.92 Å². The summed E-state index contributed by atoms with van der Waals surface area (Å²) in [5, 5.41) is 17.0. The van der Waals surface area contributed by atoms with Gasteiger partial charge in [-0.1, -0.05) is 15.9 Å². The average Bonchev–Trinajstić information content (AvgIpc) is 2.06. The van der Waals surface area contributed by atoms with Gasteiger partial charge in [0, 0.05) is 16.6 Å². The number of carboxylic acid groups (broad SMARTS) is 1. The number of nitro groups is 1. The molecule has 0 fully saturated rings. The van der Waals surface area contributed by atoms with Gasteiger partial charge in [0.25, 0.3) is 12.2 Å². The second kappa shape index (κ2) is 6.13. The summed E-state index contributed by atoms with van der Waals surface area (Å²) in [6.07, 6.45) is 0. The van der Waals surface area contributed by atoms with E-state index in [1.807, 2.05) is 0 Å². The van der Waals surface area contributed by atoms with E-state index in [1.54, 1.807) is 12.1 Å². The van der Waals surface area contributed by atoms with Crippen molar-refractivity contribution in [2.75, 3.05) is 0 Å². The Labute approximate surface area is 82.3 Å². The van der Waals surface area contributed by atoms with E-state index in [9.17, 15) is 10.1 Å². The molecule has 1 rings (SSSR count). The number of rotatable bonds is 1. The fraction of sp³-hybridized carbons (Fsp3) is 0. The van der Waals surface area contributed by atoms with Gasteiger partial charge in [-0.3, -0.25) is 14.9 Å². The van der Waals surface area contributed by atoms with Gasteiger partial charge in [-0.15, -0.1) is 0 Å². The number of hydrogen-bond acceptors (Lipinski definition) is 3. The lowest BCUT2D eigenvalue weighted by atomic mass is 10.3. The highest BCUT2D eigenvalue weighted by molar-refractivity contribution is 9.10. The van der Waals surface area contributed by atoms with Crippen LogP contribution in [-0.4, -0.2) is 16.5 Å². The number of benzene rings is 1. The van der Waals surface area contributed by atoms with Gasteiger partial charge >= 0.3 is 0 Å². The molecule has 0 aliphatic rings. The van der Waals surface area contributed by atoms with E-state index < -0.39 is 4.92 Å². The van der Waals surface area contributed by atoms with Crippen molar-refractivity contribution in [3.8, 4) is 0 Å². The van der Waals surface area contributed by atoms with Crippen LogP contribution in [0, 0.1) is 10.1 Å². The molecule has 0 radical (unpaired) electrons. The van der Waals surface area contributed by atoms with E-state index in [4.69, 9.17) is 9.90 Å². The zero-order valence-corrected chi connectivity index (χ0v) is 7.97. The van der Waals surface area contributed by atoms with Gasteiger partial charge in [0.1, 0.15) is 0 Å². The minimum Gasteiger partial charge on any atom is -0.483 e. The van der Waals surface area contributed by atoms with Crippen molar-refractivity contribution in [3.05, 3.63) is 38.9 Å². The molecule has 0 bridgehead atoms. The first-order valence-electron chi connectivity index (χ1n) is 3.09. The minimum absolute atomic E-state index is 0.114. The van der Waals surface area contributed by atoms with Gasteiger partial charge in [-0.2, -0.15) is 0 Å². The van der Waals surface area contributed by atoms with Crippen LogP contribution in [0.4, 0.5) is 5.69 Å². The molecule has 0 aromatic heterocycles. The van der Waals surface area contributed by atoms with Crippen molar-refractivity contribution in [3.63, 3.8) is 0 Å². The Balaban J connectivity index is 0.000000424. The first-order chi connectivity index (χ1) is 6.11. The fourth-order valence-electron chi connectivity index (χ4n) is 0.563. The third-order valence-electron chi connectivity index (χ3n) is 1.04. The first kappa shape index (κ1) is 11.6. The largest absolute Gasteiger partial charge is 0.483 e. The third kappa shape index (κ3) is 4.91. The molecule has 0 atom stereocenters. The van der Waals surface area contributed by atoms with Crippen LogP contribution in [0.1, 0.15) is 0 Å². The highest BCUT2D eigenvalue weighted by atomic mass is 79.9. The van der Waals surface area contributed by atoms with Gasteiger partial charge in [-0.25, -0.2) is 0 Å². The number of carbonyl (C=O) groups is 1. The molecule has 1 aromatic rings. The minimum atomic E-state index is -0.424. The molecule has 0 heterocycles. The summed E-state index contributed by atoms with van der Waals surface area (Å²) >= 11 is 3.17. The maximum absolute atomic E-state index is 10.1. The van der Waals surface area contributed by atoms with Gasteiger partial charge in [0.15, 0.2) is 0 Å². The molecular weight excluding hydrogens is 242 g/mol. The Morgan fingerprint density at radius 2 is 1.77 bits per heavy atom. The van der Waals surface area contributed by atoms with Crippen molar-refractivity contribution >= 4 is 28.1 Å². The van der Waals surface area contributed by atoms with Crippen molar-refractivity contribution in [1.29, 1.82) is 0 Å². The molecule has 5 nitrogen and oxygen atoms in total. The SMILES string of the molecule is O=CO.O=[N+]([O-])c1ccc(Br)cc1. The molecule has 0 saturated carbocycles. The van der Waals surface area contributed by atoms with E-state index in [0.717, 1.165) is 4.47 Å². The Hall–Kier alpha value is -1.43. The van der Waals surface area contributed by atoms with E-state index in [-0.39, 0.29) is 12.2 Å². The number of non-ortho nitro benzene ring substituents is 1. The predicted molar refractivity (Wildman–Crippen MR) is 49.5 cm³/mol. The highest BCUT2D eigenvalue weighted by Gasteiger charge is 2.01. The highest BCUT2D eigenvalue weighted by Crippen LogP contribution is 2.15. The lowest BCUT2D eigenvalue weighted by molar-refractivity contribution is -0.384. The standard InChI is InChI=1S/C6H4BrNO2.CH2O2/c7-5-1-3-6(4-2-5)8(9)10;2-1-3/h1-4H;1H,(H,2,3). The second-order valence-electron chi connectivity index (χ2n) is 1.84. The fourth-order valence-corrected chi connectivity index (χ4v) is 0.827. The molecule has 70 valence electrons. The Morgan fingerprint density at radius 1 is 1.38 bits per heavy atom. The lowest BCUT2D eigenvalue weighted by Crippen LogP contribution is -1.85. The number of nitro benzene ring substituents is 1. The van der Waals surface area contributed by atoms with Crippen LogP contribution < -0.4 is 0 Å². The zero-order valence-electron chi connectivity index (χ0n) is 6.38. The summed E-state index contributed by atoms with van der Waals surface area (Å²) in [4.78, 5) is 18.0. The molecule has 13 heavy (non-hydrogen) atoms. The van der Waals surface area contributed by atoms with Crippen LogP contribution in [0.2, 0.25) is 0 Å². The summed E-state index contributed by atoms with van der Waals surface area (Å²) in [5.74, 6) is 0. The van der Waals surface area contributed by atoms with Crippen molar-refractivity contribution in [2.45, 2.75) is 0 Å². The van der Waals surface area contributed by atoms with Crippen molar-refractivity contribution < 1.29 is 14.8 Å². The van der Waals surface area contributed by atoms with Crippen LogP contribution in [0.15, 0.2) is 28.7 Å². The summed E-state index contributed by atoms with van der Waals surface area (Å²) < 4.78 is 0.845. The molecule has 0 aliphatic carbocycles. The van der Waals surface area contributed by atoms with Gasteiger partial charge in [-0.05, 0) is 12.1 Å². The number of hydrogen-bond donors (Lipinski definition) is 1. The quantitative estimate of drug-likeness (QED) is 0.468. The normalized spacial score (nSPS) is 8.08. The first-order valence-corrected chi connectivity index (χ1v) is 3.89. The van der Waals surface area contributed by atoms with Crippen LogP contribution >= 0.6 is 15.9 Å². The summed E-state index contributed by atoms with van der Waals surface area (Å²) in [7, 11) is 0. The summed E-state index contributed by atoms with van der Waals surface area (Å²) in [6.45, 7) is -0.250. The van der Waals surface area contributed by atoms with Crippen molar-refractivity contribution in [1.82, 2.24) is 0 Å². The maximum atomic E-state index is 10.1. The monoisotopic (exact) mass is 247 g/mol. The molecule has 1 aromatic carbocycles. The molecule has 0 saturated heterocycles. The van der Waals surface area contributed by atoms with E-state index in [0.29, 0.717) is 0 Å². The smallest absolute Gasteiger partial charge is 0.290 e.